The van der Waals surface area contributed by atoms with E-state index in [-0.39, 0.29) is 11.5 Å². The van der Waals surface area contributed by atoms with Crippen LogP contribution in [0.1, 0.15) is 42.6 Å². The van der Waals surface area contributed by atoms with E-state index >= 15 is 0 Å². The van der Waals surface area contributed by atoms with Gasteiger partial charge in [0.05, 0.1) is 5.56 Å². The van der Waals surface area contributed by atoms with Crippen LogP contribution in [0.3, 0.4) is 0 Å². The zero-order valence-electron chi connectivity index (χ0n) is 9.58. The van der Waals surface area contributed by atoms with Gasteiger partial charge in [0.1, 0.15) is 5.75 Å². The molecule has 1 aromatic rings. The summed E-state index contributed by atoms with van der Waals surface area (Å²) in [6.07, 6.45) is 1.38. The lowest BCUT2D eigenvalue weighted by molar-refractivity contribution is 0.0973. The van der Waals surface area contributed by atoms with Crippen LogP contribution in [0.5, 0.6) is 5.75 Å². The highest BCUT2D eigenvalue weighted by molar-refractivity contribution is 5.98. The molecule has 0 aliphatic carbocycles. The molecule has 1 rings (SSSR count). The molecule has 0 unspecified atom stereocenters. The van der Waals surface area contributed by atoms with Crippen molar-refractivity contribution in [3.05, 3.63) is 29.3 Å². The third kappa shape index (κ3) is 3.39. The van der Waals surface area contributed by atoms with E-state index in [1.807, 2.05) is 13.0 Å². The van der Waals surface area contributed by atoms with Crippen LogP contribution in [0.25, 0.3) is 0 Å². The van der Waals surface area contributed by atoms with Crippen LogP contribution in [-0.2, 0) is 0 Å². The summed E-state index contributed by atoms with van der Waals surface area (Å²) in [5.41, 5.74) is 1.41. The highest BCUT2D eigenvalue weighted by atomic mass is 16.3. The Bertz CT molecular complexity index is 354. The Kier molecular flexibility index (Phi) is 3.89. The first-order valence-corrected chi connectivity index (χ1v) is 5.33. The molecule has 0 bridgehead atoms. The number of hydrogen-bond acceptors (Lipinski definition) is 2. The van der Waals surface area contributed by atoms with E-state index in [1.54, 1.807) is 12.1 Å². The number of carbonyl (C=O) groups excluding carboxylic acids is 1. The van der Waals surface area contributed by atoms with E-state index in [9.17, 15) is 9.90 Å². The zero-order chi connectivity index (χ0) is 11.4. The lowest BCUT2D eigenvalue weighted by atomic mass is 10.00. The van der Waals surface area contributed by atoms with Crippen molar-refractivity contribution in [2.75, 3.05) is 0 Å². The van der Waals surface area contributed by atoms with Crippen LogP contribution < -0.4 is 0 Å². The van der Waals surface area contributed by atoms with Gasteiger partial charge in [-0.2, -0.15) is 0 Å². The van der Waals surface area contributed by atoms with Gasteiger partial charge < -0.3 is 5.11 Å². The van der Waals surface area contributed by atoms with Crippen molar-refractivity contribution in [1.82, 2.24) is 0 Å². The maximum atomic E-state index is 11.7. The van der Waals surface area contributed by atoms with Crippen LogP contribution in [0, 0.1) is 12.8 Å². The lowest BCUT2D eigenvalue weighted by Gasteiger charge is -2.06. The molecule has 0 saturated heterocycles. The number of carbonyl (C=O) groups is 1. The summed E-state index contributed by atoms with van der Waals surface area (Å²) in [5.74, 6) is 0.645. The number of aromatic hydroxyl groups is 1. The van der Waals surface area contributed by atoms with Crippen molar-refractivity contribution in [2.45, 2.75) is 33.6 Å². The number of aryl methyl sites for hydroxylation is 1. The lowest BCUT2D eigenvalue weighted by Crippen LogP contribution is -2.01. The quantitative estimate of drug-likeness (QED) is 0.767. The van der Waals surface area contributed by atoms with Gasteiger partial charge in [0.25, 0.3) is 0 Å². The molecule has 0 heterocycles. The van der Waals surface area contributed by atoms with Gasteiger partial charge >= 0.3 is 0 Å². The second-order valence-corrected chi connectivity index (χ2v) is 4.38. The first-order chi connectivity index (χ1) is 7.00. The van der Waals surface area contributed by atoms with Gasteiger partial charge in [0, 0.05) is 6.42 Å². The van der Waals surface area contributed by atoms with Crippen molar-refractivity contribution in [2.24, 2.45) is 5.92 Å². The molecule has 1 aromatic carbocycles. The summed E-state index contributed by atoms with van der Waals surface area (Å²) in [7, 11) is 0. The minimum atomic E-state index is 0.0289. The Morgan fingerprint density at radius 1 is 1.40 bits per heavy atom. The maximum absolute atomic E-state index is 11.7. The van der Waals surface area contributed by atoms with Crippen LogP contribution in [0.2, 0.25) is 0 Å². The standard InChI is InChI=1S/C13H18O2/c1-9(2)4-7-12(14)11-6-5-10(3)8-13(11)15/h5-6,8-9,15H,4,7H2,1-3H3. The molecule has 1 N–H and O–H groups in total. The highest BCUT2D eigenvalue weighted by Gasteiger charge is 2.11. The molecular formula is C13H18O2. The Labute approximate surface area is 90.9 Å². The van der Waals surface area contributed by atoms with E-state index in [0.717, 1.165) is 12.0 Å². The second-order valence-electron chi connectivity index (χ2n) is 4.38. The van der Waals surface area contributed by atoms with Crippen molar-refractivity contribution in [3.63, 3.8) is 0 Å². The highest BCUT2D eigenvalue weighted by Crippen LogP contribution is 2.21. The Balaban J connectivity index is 2.74. The number of hydrogen-bond donors (Lipinski definition) is 1. The predicted molar refractivity (Wildman–Crippen MR) is 61.2 cm³/mol. The molecule has 82 valence electrons. The minimum Gasteiger partial charge on any atom is -0.507 e. The molecule has 0 amide bonds. The molecule has 0 aliphatic heterocycles. The van der Waals surface area contributed by atoms with Gasteiger partial charge in [0.2, 0.25) is 0 Å². The average molecular weight is 206 g/mol. The average Bonchev–Trinajstić information content (AvgIpc) is 2.14. The summed E-state index contributed by atoms with van der Waals surface area (Å²) < 4.78 is 0. The number of Topliss-reactive ketones (excluding diaryl/α,β-unsaturated/α-hetero) is 1. The normalized spacial score (nSPS) is 10.7. The van der Waals surface area contributed by atoms with Crippen LogP contribution in [0.15, 0.2) is 18.2 Å². The molecule has 0 spiro atoms. The van der Waals surface area contributed by atoms with Gasteiger partial charge in [-0.3, -0.25) is 4.79 Å². The maximum Gasteiger partial charge on any atom is 0.166 e. The van der Waals surface area contributed by atoms with Crippen molar-refractivity contribution < 1.29 is 9.90 Å². The molecule has 0 aromatic heterocycles. The van der Waals surface area contributed by atoms with E-state index in [4.69, 9.17) is 0 Å². The van der Waals surface area contributed by atoms with Crippen molar-refractivity contribution in [1.29, 1.82) is 0 Å². The number of phenols is 1. The van der Waals surface area contributed by atoms with Gasteiger partial charge in [-0.15, -0.1) is 0 Å². The van der Waals surface area contributed by atoms with Gasteiger partial charge in [-0.05, 0) is 37.0 Å². The number of benzene rings is 1. The van der Waals surface area contributed by atoms with Crippen LogP contribution in [-0.4, -0.2) is 10.9 Å². The van der Waals surface area contributed by atoms with Crippen LogP contribution >= 0.6 is 0 Å². The largest absolute Gasteiger partial charge is 0.507 e. The van der Waals surface area contributed by atoms with E-state index in [2.05, 4.69) is 13.8 Å². The summed E-state index contributed by atoms with van der Waals surface area (Å²) >= 11 is 0. The van der Waals surface area contributed by atoms with Gasteiger partial charge in [-0.25, -0.2) is 0 Å². The summed E-state index contributed by atoms with van der Waals surface area (Å²) in [4.78, 5) is 11.7. The molecular weight excluding hydrogens is 188 g/mol. The SMILES string of the molecule is Cc1ccc(C(=O)CCC(C)C)c(O)c1. The molecule has 0 radical (unpaired) electrons. The zero-order valence-corrected chi connectivity index (χ0v) is 9.58. The Morgan fingerprint density at radius 3 is 2.60 bits per heavy atom. The van der Waals surface area contributed by atoms with E-state index < -0.39 is 0 Å². The van der Waals surface area contributed by atoms with Gasteiger partial charge in [0.15, 0.2) is 5.78 Å². The molecule has 15 heavy (non-hydrogen) atoms. The third-order valence-corrected chi connectivity index (χ3v) is 2.40. The molecule has 0 fully saturated rings. The van der Waals surface area contributed by atoms with E-state index in [0.29, 0.717) is 17.9 Å². The first kappa shape index (κ1) is 11.8. The summed E-state index contributed by atoms with van der Waals surface area (Å²) in [5, 5.41) is 9.61. The molecule has 2 heteroatoms. The smallest absolute Gasteiger partial charge is 0.166 e. The monoisotopic (exact) mass is 206 g/mol. The topological polar surface area (TPSA) is 37.3 Å². The van der Waals surface area contributed by atoms with Crippen molar-refractivity contribution in [3.8, 4) is 5.75 Å². The Morgan fingerprint density at radius 2 is 2.07 bits per heavy atom. The van der Waals surface area contributed by atoms with E-state index in [1.165, 1.54) is 0 Å². The fourth-order valence-electron chi connectivity index (χ4n) is 1.43. The number of rotatable bonds is 4. The third-order valence-electron chi connectivity index (χ3n) is 2.40. The minimum absolute atomic E-state index is 0.0289. The van der Waals surface area contributed by atoms with Crippen molar-refractivity contribution >= 4 is 5.78 Å². The summed E-state index contributed by atoms with van der Waals surface area (Å²) in [6, 6.07) is 5.18. The second kappa shape index (κ2) is 4.96. The summed E-state index contributed by atoms with van der Waals surface area (Å²) in [6.45, 7) is 6.06. The fourth-order valence-corrected chi connectivity index (χ4v) is 1.43. The molecule has 2 nitrogen and oxygen atoms in total. The van der Waals surface area contributed by atoms with Gasteiger partial charge in [-0.1, -0.05) is 19.9 Å². The molecule has 0 saturated carbocycles. The Hall–Kier alpha value is -1.31. The number of phenolic OH excluding ortho intramolecular Hbond substituents is 1. The number of ketones is 1. The van der Waals surface area contributed by atoms with Crippen LogP contribution in [0.4, 0.5) is 0 Å². The molecule has 0 atom stereocenters. The first-order valence-electron chi connectivity index (χ1n) is 5.33. The molecule has 0 aliphatic rings. The predicted octanol–water partition coefficient (Wildman–Crippen LogP) is 3.32. The fraction of sp³-hybridized carbons (Fsp3) is 0.462.